The molecule has 0 N–H and O–H groups in total. The molecule has 2 rings (SSSR count). The summed E-state index contributed by atoms with van der Waals surface area (Å²) in [6.07, 6.45) is 6.75. The monoisotopic (exact) mass is 166 g/mol. The molecular weight excluding hydrogens is 154 g/mol. The van der Waals surface area contributed by atoms with Crippen molar-refractivity contribution in [2.24, 2.45) is 5.92 Å². The van der Waals surface area contributed by atoms with Crippen molar-refractivity contribution in [2.45, 2.75) is 19.4 Å². The lowest BCUT2D eigenvalue weighted by molar-refractivity contribution is 0.0600. The second-order valence-electron chi connectivity index (χ2n) is 3.13. The van der Waals surface area contributed by atoms with E-state index in [1.54, 1.807) is 6.20 Å². The number of nitrogens with zero attached hydrogens (tertiary/aromatic N) is 3. The predicted molar refractivity (Wildman–Crippen MR) is 42.4 cm³/mol. The lowest BCUT2D eigenvalue weighted by Crippen LogP contribution is -2.20. The van der Waals surface area contributed by atoms with Crippen molar-refractivity contribution in [1.29, 1.82) is 0 Å². The summed E-state index contributed by atoms with van der Waals surface area (Å²) in [5.41, 5.74) is 0. The molecule has 1 fully saturated rings. The molecule has 0 saturated carbocycles. The summed E-state index contributed by atoms with van der Waals surface area (Å²) >= 11 is 0. The summed E-state index contributed by atoms with van der Waals surface area (Å²) in [5, 5.41) is 7.53. The fourth-order valence-corrected chi connectivity index (χ4v) is 1.48. The Bertz CT molecular complexity index is 216. The zero-order valence-electron chi connectivity index (χ0n) is 6.94. The molecule has 4 nitrogen and oxygen atoms in total. The molecule has 4 heteroatoms. The molecule has 0 unspecified atom stereocenters. The molecule has 12 heavy (non-hydrogen) atoms. The minimum absolute atomic E-state index is 0.703. The van der Waals surface area contributed by atoms with Gasteiger partial charge in [0.05, 0.1) is 6.20 Å². The van der Waals surface area contributed by atoms with E-state index in [1.807, 2.05) is 4.68 Å². The van der Waals surface area contributed by atoms with Gasteiger partial charge in [-0.3, -0.25) is 4.68 Å². The average molecular weight is 166 g/mol. The zero-order valence-corrected chi connectivity index (χ0v) is 6.94. The van der Waals surface area contributed by atoms with E-state index in [4.69, 9.17) is 4.74 Å². The van der Waals surface area contributed by atoms with E-state index in [0.717, 1.165) is 32.6 Å². The molecule has 1 aromatic heterocycles. The van der Waals surface area contributed by atoms with E-state index < -0.39 is 0 Å². The highest BCUT2D eigenvalue weighted by Gasteiger charge is 2.14. The summed E-state index contributed by atoms with van der Waals surface area (Å²) in [5.74, 6) is 0.703. The van der Waals surface area contributed by atoms with E-state index in [9.17, 15) is 0 Å². The summed E-state index contributed by atoms with van der Waals surface area (Å²) in [6.45, 7) is 2.74. The molecule has 65 valence electrons. The Kier molecular flexibility index (Phi) is 2.36. The maximum absolute atomic E-state index is 5.27. The van der Waals surface area contributed by atoms with Gasteiger partial charge < -0.3 is 4.74 Å². The molecule has 0 bridgehead atoms. The Morgan fingerprint density at radius 3 is 3.00 bits per heavy atom. The number of ether oxygens (including phenoxy) is 1. The molecule has 1 saturated heterocycles. The Morgan fingerprint density at radius 2 is 2.33 bits per heavy atom. The molecule has 1 radical (unpaired) electrons. The van der Waals surface area contributed by atoms with Crippen LogP contribution in [0.15, 0.2) is 6.20 Å². The van der Waals surface area contributed by atoms with E-state index in [2.05, 4.69) is 16.5 Å². The van der Waals surface area contributed by atoms with E-state index in [0.29, 0.717) is 5.92 Å². The quantitative estimate of drug-likeness (QED) is 0.642. The van der Waals surface area contributed by atoms with Crippen molar-refractivity contribution < 1.29 is 4.74 Å². The highest BCUT2D eigenvalue weighted by atomic mass is 16.5. The molecule has 1 aliphatic rings. The van der Waals surface area contributed by atoms with Crippen LogP contribution in [0.2, 0.25) is 0 Å². The average Bonchev–Trinajstić information content (AvgIpc) is 2.59. The predicted octanol–water partition coefficient (Wildman–Crippen LogP) is 0.505. The zero-order chi connectivity index (χ0) is 8.23. The fraction of sp³-hybridized carbons (Fsp3) is 0.750. The third kappa shape index (κ3) is 1.82. The van der Waals surface area contributed by atoms with Crippen LogP contribution in [0.25, 0.3) is 0 Å². The fourth-order valence-electron chi connectivity index (χ4n) is 1.48. The highest BCUT2D eigenvalue weighted by molar-refractivity contribution is 4.67. The smallest absolute Gasteiger partial charge is 0.134 e. The second kappa shape index (κ2) is 3.67. The minimum Gasteiger partial charge on any atom is -0.381 e. The van der Waals surface area contributed by atoms with Crippen molar-refractivity contribution in [1.82, 2.24) is 15.0 Å². The van der Waals surface area contributed by atoms with Gasteiger partial charge in [-0.2, -0.15) is 0 Å². The Hall–Kier alpha value is -0.900. The maximum atomic E-state index is 5.27. The van der Waals surface area contributed by atoms with Crippen molar-refractivity contribution in [3.63, 3.8) is 0 Å². The Morgan fingerprint density at radius 1 is 1.50 bits per heavy atom. The number of hydrogen-bond donors (Lipinski definition) is 0. The van der Waals surface area contributed by atoms with Crippen molar-refractivity contribution in [2.75, 3.05) is 13.2 Å². The van der Waals surface area contributed by atoms with Gasteiger partial charge in [0.15, 0.2) is 0 Å². The number of rotatable bonds is 2. The summed E-state index contributed by atoms with van der Waals surface area (Å²) < 4.78 is 7.11. The van der Waals surface area contributed by atoms with Gasteiger partial charge in [0.25, 0.3) is 0 Å². The standard InChI is InChI=1S/C8H12N3O/c1-5-12-6-2-8(1)7-11-4-3-9-10-11/h4,8H,1-2,5-7H2. The summed E-state index contributed by atoms with van der Waals surface area (Å²) in [4.78, 5) is 0. The van der Waals surface area contributed by atoms with Gasteiger partial charge in [0, 0.05) is 19.8 Å². The van der Waals surface area contributed by atoms with Crippen LogP contribution >= 0.6 is 0 Å². The van der Waals surface area contributed by atoms with Crippen molar-refractivity contribution in [3.8, 4) is 0 Å². The van der Waals surface area contributed by atoms with Crippen LogP contribution in [0.5, 0.6) is 0 Å². The van der Waals surface area contributed by atoms with Crippen LogP contribution in [0.4, 0.5) is 0 Å². The van der Waals surface area contributed by atoms with Crippen LogP contribution in [-0.2, 0) is 11.3 Å². The van der Waals surface area contributed by atoms with Crippen LogP contribution in [0.3, 0.4) is 0 Å². The minimum atomic E-state index is 0.703. The normalized spacial score (nSPS) is 19.7. The number of hydrogen-bond acceptors (Lipinski definition) is 3. The molecule has 0 atom stereocenters. The molecule has 0 spiro atoms. The molecule has 1 aliphatic heterocycles. The first-order valence-corrected chi connectivity index (χ1v) is 4.29. The van der Waals surface area contributed by atoms with Crippen LogP contribution in [0, 0.1) is 12.1 Å². The third-order valence-corrected chi connectivity index (χ3v) is 2.21. The second-order valence-corrected chi connectivity index (χ2v) is 3.13. The van der Waals surface area contributed by atoms with Crippen LogP contribution in [0.1, 0.15) is 12.8 Å². The summed E-state index contributed by atoms with van der Waals surface area (Å²) in [6, 6.07) is 0. The molecule has 0 aliphatic carbocycles. The lowest BCUT2D eigenvalue weighted by Gasteiger charge is -2.21. The molecule has 0 aromatic carbocycles. The van der Waals surface area contributed by atoms with Crippen molar-refractivity contribution in [3.05, 3.63) is 12.4 Å². The van der Waals surface area contributed by atoms with Gasteiger partial charge in [-0.15, -0.1) is 5.10 Å². The van der Waals surface area contributed by atoms with Gasteiger partial charge in [0.2, 0.25) is 0 Å². The van der Waals surface area contributed by atoms with Gasteiger partial charge in [-0.1, -0.05) is 5.21 Å². The van der Waals surface area contributed by atoms with Gasteiger partial charge in [0.1, 0.15) is 6.20 Å². The van der Waals surface area contributed by atoms with E-state index in [1.165, 1.54) is 0 Å². The van der Waals surface area contributed by atoms with Crippen LogP contribution in [-0.4, -0.2) is 28.2 Å². The highest BCUT2D eigenvalue weighted by Crippen LogP contribution is 2.15. The largest absolute Gasteiger partial charge is 0.381 e. The van der Waals surface area contributed by atoms with Gasteiger partial charge in [-0.25, -0.2) is 0 Å². The molecular formula is C8H12N3O. The first-order chi connectivity index (χ1) is 5.95. The maximum Gasteiger partial charge on any atom is 0.134 e. The Labute approximate surface area is 71.5 Å². The van der Waals surface area contributed by atoms with Crippen LogP contribution < -0.4 is 0 Å². The van der Waals surface area contributed by atoms with Crippen molar-refractivity contribution >= 4 is 0 Å². The van der Waals surface area contributed by atoms with Gasteiger partial charge >= 0.3 is 0 Å². The molecule has 0 amide bonds. The summed E-state index contributed by atoms with van der Waals surface area (Å²) in [7, 11) is 0. The molecule has 1 aromatic rings. The lowest BCUT2D eigenvalue weighted by atomic mass is 10.0. The first-order valence-electron chi connectivity index (χ1n) is 4.29. The molecule has 2 heterocycles. The van der Waals surface area contributed by atoms with E-state index >= 15 is 0 Å². The van der Waals surface area contributed by atoms with E-state index in [-0.39, 0.29) is 0 Å². The number of aromatic nitrogens is 3. The topological polar surface area (TPSA) is 39.9 Å². The van der Waals surface area contributed by atoms with Gasteiger partial charge in [-0.05, 0) is 18.8 Å². The first kappa shape index (κ1) is 7.73. The Balaban J connectivity index is 1.86. The SMILES string of the molecule is [c]1cn(CC2CCOCC2)nn1. The third-order valence-electron chi connectivity index (χ3n) is 2.21.